The number of fused-ring (bicyclic) bond motifs is 1. The van der Waals surface area contributed by atoms with Gasteiger partial charge in [-0.25, -0.2) is 14.4 Å². The first-order valence-electron chi connectivity index (χ1n) is 8.22. The molecule has 1 amide bonds. The number of thiazole rings is 1. The van der Waals surface area contributed by atoms with Crippen molar-refractivity contribution in [1.29, 1.82) is 0 Å². The highest BCUT2D eigenvalue weighted by atomic mass is 32.1. The smallest absolute Gasteiger partial charge is 0.229 e. The third-order valence-electron chi connectivity index (χ3n) is 4.35. The lowest BCUT2D eigenvalue weighted by Gasteiger charge is -2.31. The number of nitrogens with zero attached hydrogens (tertiary/aromatic N) is 3. The van der Waals surface area contributed by atoms with E-state index in [0.29, 0.717) is 6.54 Å². The zero-order valence-electron chi connectivity index (χ0n) is 13.5. The number of anilines is 2. The second kappa shape index (κ2) is 6.76. The zero-order chi connectivity index (χ0) is 17.2. The van der Waals surface area contributed by atoms with Crippen LogP contribution in [0.2, 0.25) is 0 Å². The minimum absolute atomic E-state index is 0.144. The van der Waals surface area contributed by atoms with Gasteiger partial charge < -0.3 is 10.2 Å². The van der Waals surface area contributed by atoms with Crippen molar-refractivity contribution in [3.05, 3.63) is 48.4 Å². The van der Waals surface area contributed by atoms with E-state index >= 15 is 0 Å². The fraction of sp³-hybridized carbons (Fsp3) is 0.278. The molecule has 128 valence electrons. The highest BCUT2D eigenvalue weighted by molar-refractivity contribution is 7.21. The molecule has 3 aromatic rings. The summed E-state index contributed by atoms with van der Waals surface area (Å²) in [6.45, 7) is 1.45. The molecule has 3 heterocycles. The summed E-state index contributed by atoms with van der Waals surface area (Å²) in [5.41, 5.74) is 1.11. The van der Waals surface area contributed by atoms with Crippen LogP contribution in [0.5, 0.6) is 0 Å². The molecule has 1 aliphatic heterocycles. The number of carbonyl (C=O) groups excluding carboxylic acids is 1. The van der Waals surface area contributed by atoms with Crippen LogP contribution >= 0.6 is 11.3 Å². The summed E-state index contributed by atoms with van der Waals surface area (Å²) < 4.78 is 13.7. The zero-order valence-corrected chi connectivity index (χ0v) is 14.3. The number of hydrogen-bond acceptors (Lipinski definition) is 5. The Morgan fingerprint density at radius 3 is 3.00 bits per heavy atom. The van der Waals surface area contributed by atoms with Gasteiger partial charge in [0.1, 0.15) is 16.2 Å². The molecule has 25 heavy (non-hydrogen) atoms. The van der Waals surface area contributed by atoms with Crippen molar-refractivity contribution in [3.8, 4) is 0 Å². The van der Waals surface area contributed by atoms with Crippen molar-refractivity contribution in [3.63, 3.8) is 0 Å². The predicted molar refractivity (Wildman–Crippen MR) is 97.4 cm³/mol. The van der Waals surface area contributed by atoms with Crippen LogP contribution in [0.1, 0.15) is 12.8 Å². The van der Waals surface area contributed by atoms with Gasteiger partial charge in [0.15, 0.2) is 5.13 Å². The number of rotatable bonds is 3. The molecule has 0 saturated carbocycles. The maximum Gasteiger partial charge on any atom is 0.229 e. The molecular formula is C18H17FN4OS. The number of nitrogens with one attached hydrogen (secondary N) is 1. The number of hydrogen-bond donors (Lipinski definition) is 1. The van der Waals surface area contributed by atoms with E-state index in [9.17, 15) is 9.18 Å². The van der Waals surface area contributed by atoms with Crippen LogP contribution in [-0.4, -0.2) is 29.0 Å². The van der Waals surface area contributed by atoms with E-state index in [1.54, 1.807) is 24.4 Å². The molecule has 1 fully saturated rings. The van der Waals surface area contributed by atoms with Gasteiger partial charge in [0.2, 0.25) is 5.91 Å². The first-order valence-corrected chi connectivity index (χ1v) is 9.04. The van der Waals surface area contributed by atoms with Crippen LogP contribution < -0.4 is 10.2 Å². The molecule has 0 spiro atoms. The van der Waals surface area contributed by atoms with E-state index in [2.05, 4.69) is 20.2 Å². The molecule has 0 aliphatic carbocycles. The molecular weight excluding hydrogens is 339 g/mol. The summed E-state index contributed by atoms with van der Waals surface area (Å²) in [5.74, 6) is -0.747. The Kier molecular flexibility index (Phi) is 4.31. The van der Waals surface area contributed by atoms with Crippen LogP contribution in [0.3, 0.4) is 0 Å². The maximum atomic E-state index is 13.7. The molecule has 1 unspecified atom stereocenters. The minimum atomic E-state index is -0.416. The van der Waals surface area contributed by atoms with Gasteiger partial charge in [-0.1, -0.05) is 23.5 Å². The van der Waals surface area contributed by atoms with E-state index in [1.165, 1.54) is 17.4 Å². The molecule has 1 aromatic carbocycles. The summed E-state index contributed by atoms with van der Waals surface area (Å²) in [6.07, 6.45) is 3.45. The van der Waals surface area contributed by atoms with Gasteiger partial charge in [-0.3, -0.25) is 4.79 Å². The molecule has 0 bridgehead atoms. The second-order valence-electron chi connectivity index (χ2n) is 6.08. The lowest BCUT2D eigenvalue weighted by atomic mass is 9.97. The summed E-state index contributed by atoms with van der Waals surface area (Å²) in [6, 6.07) is 10.0. The molecule has 1 saturated heterocycles. The molecule has 1 aliphatic rings. The standard InChI is InChI=1S/C18H17FN4OS/c19-13-6-1-2-7-14(13)21-16(24)12-5-4-10-23(11-12)18-22-15-8-3-9-20-17(15)25-18/h1-3,6-9,12H,4-5,10-11H2,(H,21,24). The van der Waals surface area contributed by atoms with Crippen molar-refractivity contribution in [2.45, 2.75) is 12.8 Å². The van der Waals surface area contributed by atoms with E-state index in [0.717, 1.165) is 34.9 Å². The van der Waals surface area contributed by atoms with Crippen LogP contribution in [0.25, 0.3) is 10.3 Å². The Labute approximate surface area is 148 Å². The maximum absolute atomic E-state index is 13.7. The Balaban J connectivity index is 1.48. The SMILES string of the molecule is O=C(Nc1ccccc1F)C1CCCN(c2nc3cccnc3s2)C1. The van der Waals surface area contributed by atoms with E-state index in [-0.39, 0.29) is 17.5 Å². The Hall–Kier alpha value is -2.54. The van der Waals surface area contributed by atoms with Gasteiger partial charge in [-0.15, -0.1) is 0 Å². The van der Waals surface area contributed by atoms with Crippen LogP contribution in [0, 0.1) is 11.7 Å². The van der Waals surface area contributed by atoms with Crippen molar-refractivity contribution >= 4 is 38.4 Å². The number of piperidine rings is 1. The highest BCUT2D eigenvalue weighted by Crippen LogP contribution is 2.30. The lowest BCUT2D eigenvalue weighted by molar-refractivity contribution is -0.120. The lowest BCUT2D eigenvalue weighted by Crippen LogP contribution is -2.40. The third kappa shape index (κ3) is 3.32. The summed E-state index contributed by atoms with van der Waals surface area (Å²) >= 11 is 1.54. The first-order chi connectivity index (χ1) is 12.2. The fourth-order valence-electron chi connectivity index (χ4n) is 3.06. The number of benzene rings is 1. The summed E-state index contributed by atoms with van der Waals surface area (Å²) in [5, 5.41) is 3.59. The Morgan fingerprint density at radius 1 is 1.28 bits per heavy atom. The number of halogens is 1. The normalized spacial score (nSPS) is 17.6. The van der Waals surface area contributed by atoms with E-state index in [4.69, 9.17) is 0 Å². The fourth-order valence-corrected chi connectivity index (χ4v) is 4.00. The van der Waals surface area contributed by atoms with Gasteiger partial charge >= 0.3 is 0 Å². The average Bonchev–Trinajstić information content (AvgIpc) is 3.08. The van der Waals surface area contributed by atoms with Crippen molar-refractivity contribution in [2.24, 2.45) is 5.92 Å². The van der Waals surface area contributed by atoms with Gasteiger partial charge in [0, 0.05) is 19.3 Å². The molecule has 4 rings (SSSR count). The molecule has 7 heteroatoms. The Morgan fingerprint density at radius 2 is 2.16 bits per heavy atom. The molecule has 1 atom stereocenters. The number of aromatic nitrogens is 2. The Bertz CT molecular complexity index is 880. The number of amides is 1. The van der Waals surface area contributed by atoms with Crippen LogP contribution in [0.15, 0.2) is 42.6 Å². The van der Waals surface area contributed by atoms with Gasteiger partial charge in [0.05, 0.1) is 11.6 Å². The monoisotopic (exact) mass is 356 g/mol. The van der Waals surface area contributed by atoms with Crippen LogP contribution in [0.4, 0.5) is 15.2 Å². The third-order valence-corrected chi connectivity index (χ3v) is 5.39. The van der Waals surface area contributed by atoms with Crippen molar-refractivity contribution < 1.29 is 9.18 Å². The van der Waals surface area contributed by atoms with E-state index < -0.39 is 5.82 Å². The van der Waals surface area contributed by atoms with E-state index in [1.807, 2.05) is 12.1 Å². The predicted octanol–water partition coefficient (Wildman–Crippen LogP) is 3.69. The number of carbonyl (C=O) groups is 1. The quantitative estimate of drug-likeness (QED) is 0.778. The summed E-state index contributed by atoms with van der Waals surface area (Å²) in [7, 11) is 0. The summed E-state index contributed by atoms with van der Waals surface area (Å²) in [4.78, 5) is 24.5. The van der Waals surface area contributed by atoms with Crippen LogP contribution in [-0.2, 0) is 4.79 Å². The average molecular weight is 356 g/mol. The topological polar surface area (TPSA) is 58.1 Å². The van der Waals surface area contributed by atoms with Crippen molar-refractivity contribution in [1.82, 2.24) is 9.97 Å². The minimum Gasteiger partial charge on any atom is -0.347 e. The van der Waals surface area contributed by atoms with Gasteiger partial charge in [-0.05, 0) is 37.1 Å². The van der Waals surface area contributed by atoms with Gasteiger partial charge in [0.25, 0.3) is 0 Å². The molecule has 2 aromatic heterocycles. The number of pyridine rings is 1. The van der Waals surface area contributed by atoms with Crippen molar-refractivity contribution in [2.75, 3.05) is 23.3 Å². The first kappa shape index (κ1) is 16.0. The second-order valence-corrected chi connectivity index (χ2v) is 7.03. The van der Waals surface area contributed by atoms with Gasteiger partial charge in [-0.2, -0.15) is 0 Å². The highest BCUT2D eigenvalue weighted by Gasteiger charge is 2.28. The molecule has 0 radical (unpaired) electrons. The number of para-hydroxylation sites is 1. The molecule has 1 N–H and O–H groups in total. The molecule has 5 nitrogen and oxygen atoms in total. The largest absolute Gasteiger partial charge is 0.347 e.